The normalized spacial score (nSPS) is 10.3. The van der Waals surface area contributed by atoms with Gasteiger partial charge in [0.25, 0.3) is 0 Å². The smallest absolute Gasteiger partial charge is 0.408 e. The van der Waals surface area contributed by atoms with Gasteiger partial charge in [-0.15, -0.1) is 0 Å². The number of carboxylic acid groups (broad SMARTS) is 1. The number of carboxylic acids is 1. The van der Waals surface area contributed by atoms with Crippen LogP contribution in [-0.4, -0.2) is 29.3 Å². The summed E-state index contributed by atoms with van der Waals surface area (Å²) in [5.41, 5.74) is -0.707. The Morgan fingerprint density at radius 1 is 1.38 bits per heavy atom. The summed E-state index contributed by atoms with van der Waals surface area (Å²) >= 11 is 0. The molecule has 0 saturated carbocycles. The molecule has 0 aliphatic carbocycles. The predicted molar refractivity (Wildman–Crippen MR) is 74.5 cm³/mol. The molecule has 0 spiro atoms. The number of alkyl carbamates (subject to hydrolysis) is 1. The van der Waals surface area contributed by atoms with E-state index in [1.165, 1.54) is 0 Å². The minimum absolute atomic E-state index is 0.0361. The summed E-state index contributed by atoms with van der Waals surface area (Å²) in [6.07, 6.45) is -0.628. The number of hydrogen-bond acceptors (Lipinski definition) is 3. The Kier molecular flexibility index (Phi) is 5.30. The van der Waals surface area contributed by atoms with E-state index in [2.05, 4.69) is 17.2 Å². The lowest BCUT2D eigenvalue weighted by molar-refractivity contribution is 0.0534. The van der Waals surface area contributed by atoms with E-state index in [1.807, 2.05) is 0 Å². The zero-order valence-electron chi connectivity index (χ0n) is 12.0. The maximum Gasteiger partial charge on any atom is 0.408 e. The van der Waals surface area contributed by atoms with E-state index >= 15 is 0 Å². The fourth-order valence-corrected chi connectivity index (χ4v) is 1.32. The number of ether oxygens (including phenoxy) is 1. The largest absolute Gasteiger partial charge is 0.478 e. The molecule has 1 rings (SSSR count). The van der Waals surface area contributed by atoms with Crippen LogP contribution in [0.15, 0.2) is 18.2 Å². The molecule has 2 N–H and O–H groups in total. The van der Waals surface area contributed by atoms with Gasteiger partial charge in [-0.3, -0.25) is 0 Å². The first-order valence-corrected chi connectivity index (χ1v) is 6.17. The Morgan fingerprint density at radius 3 is 2.62 bits per heavy atom. The van der Waals surface area contributed by atoms with Crippen molar-refractivity contribution < 1.29 is 23.8 Å². The Hall–Kier alpha value is -2.55. The number of hydrogen-bond donors (Lipinski definition) is 2. The first kappa shape index (κ1) is 16.5. The fourth-order valence-electron chi connectivity index (χ4n) is 1.32. The number of benzene rings is 1. The van der Waals surface area contributed by atoms with Gasteiger partial charge < -0.3 is 15.2 Å². The molecule has 1 aromatic carbocycles. The first-order chi connectivity index (χ1) is 9.69. The Labute approximate surface area is 122 Å². The molecule has 0 bridgehead atoms. The number of carbonyl (C=O) groups is 2. The highest BCUT2D eigenvalue weighted by Gasteiger charge is 2.15. The predicted octanol–water partition coefficient (Wildman–Crippen LogP) is 2.40. The molecule has 0 heterocycles. The van der Waals surface area contributed by atoms with Gasteiger partial charge in [-0.25, -0.2) is 14.0 Å². The lowest BCUT2D eigenvalue weighted by atomic mass is 10.1. The van der Waals surface area contributed by atoms with Crippen molar-refractivity contribution in [1.82, 2.24) is 5.32 Å². The van der Waals surface area contributed by atoms with E-state index in [0.29, 0.717) is 0 Å². The molecular formula is C15H16FNO4. The van der Waals surface area contributed by atoms with Crippen LogP contribution in [0.4, 0.5) is 9.18 Å². The van der Waals surface area contributed by atoms with Gasteiger partial charge in [-0.05, 0) is 39.0 Å². The van der Waals surface area contributed by atoms with Crippen LogP contribution in [0.25, 0.3) is 0 Å². The van der Waals surface area contributed by atoms with Crippen LogP contribution in [0.5, 0.6) is 0 Å². The molecule has 0 aliphatic heterocycles. The lowest BCUT2D eigenvalue weighted by Gasteiger charge is -2.18. The summed E-state index contributed by atoms with van der Waals surface area (Å²) in [6.45, 7) is 5.15. The molecule has 0 atom stereocenters. The van der Waals surface area contributed by atoms with Crippen molar-refractivity contribution in [3.63, 3.8) is 0 Å². The van der Waals surface area contributed by atoms with Crippen LogP contribution in [0.2, 0.25) is 0 Å². The Balaban J connectivity index is 2.65. The average Bonchev–Trinajstić information content (AvgIpc) is 2.34. The van der Waals surface area contributed by atoms with Crippen molar-refractivity contribution in [2.24, 2.45) is 0 Å². The lowest BCUT2D eigenvalue weighted by Crippen LogP contribution is -2.32. The second-order valence-electron chi connectivity index (χ2n) is 5.16. The Morgan fingerprint density at radius 2 is 2.05 bits per heavy atom. The van der Waals surface area contributed by atoms with Crippen LogP contribution >= 0.6 is 0 Å². The van der Waals surface area contributed by atoms with Gasteiger partial charge in [-0.1, -0.05) is 11.8 Å². The number of halogens is 1. The zero-order chi connectivity index (χ0) is 16.0. The third-order valence-electron chi connectivity index (χ3n) is 2.16. The van der Waals surface area contributed by atoms with Crippen molar-refractivity contribution in [3.8, 4) is 11.8 Å². The van der Waals surface area contributed by atoms with E-state index in [1.54, 1.807) is 20.8 Å². The summed E-state index contributed by atoms with van der Waals surface area (Å²) in [5, 5.41) is 11.2. The molecule has 0 radical (unpaired) electrons. The average molecular weight is 293 g/mol. The van der Waals surface area contributed by atoms with Gasteiger partial charge in [0, 0.05) is 0 Å². The minimum Gasteiger partial charge on any atom is -0.478 e. The molecule has 0 fully saturated rings. The molecule has 6 heteroatoms. The van der Waals surface area contributed by atoms with Gasteiger partial charge in [0.2, 0.25) is 0 Å². The molecule has 21 heavy (non-hydrogen) atoms. The monoisotopic (exact) mass is 293 g/mol. The first-order valence-electron chi connectivity index (χ1n) is 6.17. The van der Waals surface area contributed by atoms with Gasteiger partial charge in [0.1, 0.15) is 11.4 Å². The van der Waals surface area contributed by atoms with Crippen LogP contribution in [0, 0.1) is 17.7 Å². The number of aromatic carboxylic acids is 1. The van der Waals surface area contributed by atoms with Gasteiger partial charge in [-0.2, -0.15) is 0 Å². The third kappa shape index (κ3) is 5.95. The molecule has 0 aromatic heterocycles. The fraction of sp³-hybridized carbons (Fsp3) is 0.333. The number of amides is 1. The maximum atomic E-state index is 13.4. The van der Waals surface area contributed by atoms with Crippen molar-refractivity contribution in [2.75, 3.05) is 6.54 Å². The molecule has 0 saturated heterocycles. The van der Waals surface area contributed by atoms with E-state index in [4.69, 9.17) is 9.84 Å². The van der Waals surface area contributed by atoms with Crippen LogP contribution in [-0.2, 0) is 4.74 Å². The quantitative estimate of drug-likeness (QED) is 0.821. The molecule has 5 nitrogen and oxygen atoms in total. The molecule has 0 aliphatic rings. The Bertz CT molecular complexity index is 608. The van der Waals surface area contributed by atoms with Gasteiger partial charge in [0.05, 0.1) is 17.7 Å². The highest BCUT2D eigenvalue weighted by Crippen LogP contribution is 2.09. The molecule has 1 amide bonds. The topological polar surface area (TPSA) is 75.6 Å². The van der Waals surface area contributed by atoms with E-state index < -0.39 is 23.5 Å². The van der Waals surface area contributed by atoms with Crippen LogP contribution in [0.3, 0.4) is 0 Å². The maximum absolute atomic E-state index is 13.4. The molecular weight excluding hydrogens is 277 g/mol. The number of nitrogens with one attached hydrogen (secondary N) is 1. The van der Waals surface area contributed by atoms with Crippen molar-refractivity contribution >= 4 is 12.1 Å². The highest BCUT2D eigenvalue weighted by atomic mass is 19.1. The molecule has 0 unspecified atom stereocenters. The number of rotatable bonds is 2. The van der Waals surface area contributed by atoms with E-state index in [9.17, 15) is 14.0 Å². The van der Waals surface area contributed by atoms with Gasteiger partial charge in [0.15, 0.2) is 0 Å². The standard InChI is InChI=1S/C15H16FNO4/c1-15(2,3)21-14(20)17-8-4-5-10-9-11(13(18)19)6-7-12(10)16/h6-7,9H,8H2,1-3H3,(H,17,20)(H,18,19). The number of carbonyl (C=O) groups excluding carboxylic acids is 1. The van der Waals surface area contributed by atoms with E-state index in [0.717, 1.165) is 18.2 Å². The molecule has 1 aromatic rings. The summed E-state index contributed by atoms with van der Waals surface area (Å²) in [6, 6.07) is 3.33. The summed E-state index contributed by atoms with van der Waals surface area (Å²) < 4.78 is 18.4. The third-order valence-corrected chi connectivity index (χ3v) is 2.16. The van der Waals surface area contributed by atoms with E-state index in [-0.39, 0.29) is 17.7 Å². The molecule has 112 valence electrons. The summed E-state index contributed by atoms with van der Waals surface area (Å²) in [5.74, 6) is 3.22. The van der Waals surface area contributed by atoms with Crippen LogP contribution in [0.1, 0.15) is 36.7 Å². The minimum atomic E-state index is -1.16. The van der Waals surface area contributed by atoms with Crippen molar-refractivity contribution in [1.29, 1.82) is 0 Å². The SMILES string of the molecule is CC(C)(C)OC(=O)NCC#Cc1cc(C(=O)O)ccc1F. The van der Waals surface area contributed by atoms with Crippen molar-refractivity contribution in [2.45, 2.75) is 26.4 Å². The second kappa shape index (κ2) is 6.75. The zero-order valence-corrected chi connectivity index (χ0v) is 12.0. The second-order valence-corrected chi connectivity index (χ2v) is 5.16. The summed E-state index contributed by atoms with van der Waals surface area (Å²) in [7, 11) is 0. The van der Waals surface area contributed by atoms with Crippen molar-refractivity contribution in [3.05, 3.63) is 35.1 Å². The van der Waals surface area contributed by atoms with Gasteiger partial charge >= 0.3 is 12.1 Å². The summed E-state index contributed by atoms with van der Waals surface area (Å²) in [4.78, 5) is 22.1. The highest BCUT2D eigenvalue weighted by molar-refractivity contribution is 5.88. The van der Waals surface area contributed by atoms with Crippen LogP contribution < -0.4 is 5.32 Å².